The van der Waals surface area contributed by atoms with Gasteiger partial charge in [0.1, 0.15) is 6.20 Å². The van der Waals surface area contributed by atoms with Crippen molar-refractivity contribution >= 4 is 17.6 Å². The summed E-state index contributed by atoms with van der Waals surface area (Å²) in [5.74, 6) is 3.07. The number of thioether (sulfide) groups is 1. The fourth-order valence-electron chi connectivity index (χ4n) is 1.31. The maximum absolute atomic E-state index is 10.4. The lowest BCUT2D eigenvalue weighted by Crippen LogP contribution is -1.92. The Balaban J connectivity index is 2.14. The topological polar surface area (TPSA) is 71.8 Å². The number of hydrogen-bond acceptors (Lipinski definition) is 4. The van der Waals surface area contributed by atoms with E-state index in [0.717, 1.165) is 25.0 Å². The van der Waals surface area contributed by atoms with Crippen molar-refractivity contribution in [3.8, 4) is 0 Å². The molecular formula is C10H17N3O2S. The van der Waals surface area contributed by atoms with Gasteiger partial charge in [0.2, 0.25) is 0 Å². The average molecular weight is 243 g/mol. The maximum Gasteiger partial charge on any atom is 0.340 e. The molecule has 0 spiro atoms. The summed E-state index contributed by atoms with van der Waals surface area (Å²) >= 11 is 1.96. The Hall–Kier alpha value is -1.04. The van der Waals surface area contributed by atoms with E-state index in [1.54, 1.807) is 0 Å². The molecule has 1 rings (SSSR count). The third kappa shape index (κ3) is 4.65. The van der Waals surface area contributed by atoms with E-state index in [9.17, 15) is 10.1 Å². The van der Waals surface area contributed by atoms with Gasteiger partial charge >= 0.3 is 5.82 Å². The molecule has 0 aliphatic carbocycles. The largest absolute Gasteiger partial charge is 0.358 e. The van der Waals surface area contributed by atoms with Crippen LogP contribution in [0.3, 0.4) is 0 Å². The molecule has 0 fully saturated rings. The monoisotopic (exact) mass is 243 g/mol. The number of aromatic nitrogens is 2. The lowest BCUT2D eigenvalue weighted by molar-refractivity contribution is -0.389. The van der Waals surface area contributed by atoms with E-state index in [2.05, 4.69) is 16.9 Å². The van der Waals surface area contributed by atoms with Crippen LogP contribution in [0.4, 0.5) is 5.82 Å². The molecule has 0 aromatic carbocycles. The number of aryl methyl sites for hydroxylation is 1. The van der Waals surface area contributed by atoms with E-state index in [1.807, 2.05) is 11.8 Å². The maximum atomic E-state index is 10.4. The zero-order valence-electron chi connectivity index (χ0n) is 9.44. The van der Waals surface area contributed by atoms with Crippen LogP contribution < -0.4 is 0 Å². The van der Waals surface area contributed by atoms with Crippen LogP contribution in [0.2, 0.25) is 0 Å². The molecule has 0 unspecified atom stereocenters. The second-order valence-corrected chi connectivity index (χ2v) is 4.77. The highest BCUT2D eigenvalue weighted by atomic mass is 32.2. The van der Waals surface area contributed by atoms with Crippen LogP contribution in [-0.2, 0) is 6.42 Å². The highest BCUT2D eigenvalue weighted by Crippen LogP contribution is 2.10. The number of unbranched alkanes of at least 4 members (excludes halogenated alkanes) is 1. The number of nitro groups is 1. The molecule has 90 valence electrons. The molecule has 0 bridgehead atoms. The van der Waals surface area contributed by atoms with Crippen molar-refractivity contribution in [2.24, 2.45) is 0 Å². The van der Waals surface area contributed by atoms with Gasteiger partial charge in [-0.2, -0.15) is 11.8 Å². The van der Waals surface area contributed by atoms with Crippen molar-refractivity contribution in [1.82, 2.24) is 9.97 Å². The lowest BCUT2D eigenvalue weighted by atomic mass is 10.2. The molecule has 0 saturated heterocycles. The lowest BCUT2D eigenvalue weighted by Gasteiger charge is -1.97. The Kier molecular flexibility index (Phi) is 5.92. The van der Waals surface area contributed by atoms with Crippen LogP contribution in [0.1, 0.15) is 32.0 Å². The summed E-state index contributed by atoms with van der Waals surface area (Å²) in [5.41, 5.74) is 0. The number of H-pyrrole nitrogens is 1. The number of hydrogen-bond donors (Lipinski definition) is 1. The predicted molar refractivity (Wildman–Crippen MR) is 65.8 cm³/mol. The van der Waals surface area contributed by atoms with Gasteiger partial charge in [-0.25, -0.2) is 9.97 Å². The fourth-order valence-corrected chi connectivity index (χ4v) is 2.22. The van der Waals surface area contributed by atoms with Gasteiger partial charge < -0.3 is 10.1 Å². The molecular weight excluding hydrogens is 226 g/mol. The summed E-state index contributed by atoms with van der Waals surface area (Å²) in [6.45, 7) is 2.18. The van der Waals surface area contributed by atoms with Crippen LogP contribution in [0.5, 0.6) is 0 Å². The zero-order chi connectivity index (χ0) is 11.8. The Bertz CT molecular complexity index is 328. The smallest absolute Gasteiger partial charge is 0.340 e. The predicted octanol–water partition coefficient (Wildman–Crippen LogP) is 2.78. The highest BCUT2D eigenvalue weighted by molar-refractivity contribution is 7.99. The fraction of sp³-hybridized carbons (Fsp3) is 0.700. The molecule has 5 nitrogen and oxygen atoms in total. The van der Waals surface area contributed by atoms with Crippen LogP contribution in [0.25, 0.3) is 0 Å². The first-order chi connectivity index (χ1) is 7.74. The minimum absolute atomic E-state index is 0.0182. The third-order valence-corrected chi connectivity index (χ3v) is 3.39. The van der Waals surface area contributed by atoms with Crippen molar-refractivity contribution in [1.29, 1.82) is 0 Å². The van der Waals surface area contributed by atoms with Gasteiger partial charge in [0.05, 0.1) is 0 Å². The first-order valence-corrected chi connectivity index (χ1v) is 6.65. The van der Waals surface area contributed by atoms with Gasteiger partial charge in [0, 0.05) is 6.42 Å². The van der Waals surface area contributed by atoms with Crippen molar-refractivity contribution in [3.63, 3.8) is 0 Å². The molecule has 6 heteroatoms. The van der Waals surface area contributed by atoms with Crippen LogP contribution in [0.15, 0.2) is 6.20 Å². The van der Waals surface area contributed by atoms with Crippen LogP contribution in [0, 0.1) is 10.1 Å². The number of rotatable bonds is 8. The summed E-state index contributed by atoms with van der Waals surface area (Å²) in [5, 5.41) is 10.4. The first-order valence-electron chi connectivity index (χ1n) is 5.50. The molecule has 1 aromatic rings. The van der Waals surface area contributed by atoms with Crippen LogP contribution >= 0.6 is 11.8 Å². The van der Waals surface area contributed by atoms with Gasteiger partial charge in [0.25, 0.3) is 0 Å². The molecule has 0 amide bonds. The normalized spacial score (nSPS) is 10.6. The van der Waals surface area contributed by atoms with Crippen molar-refractivity contribution in [2.75, 3.05) is 11.5 Å². The van der Waals surface area contributed by atoms with Gasteiger partial charge in [0.15, 0.2) is 5.82 Å². The molecule has 0 atom stereocenters. The Morgan fingerprint density at radius 2 is 2.31 bits per heavy atom. The second-order valence-electron chi connectivity index (χ2n) is 3.54. The quantitative estimate of drug-likeness (QED) is 0.433. The molecule has 16 heavy (non-hydrogen) atoms. The second kappa shape index (κ2) is 7.27. The molecule has 1 aromatic heterocycles. The molecule has 0 saturated carbocycles. The van der Waals surface area contributed by atoms with Crippen molar-refractivity contribution in [2.45, 2.75) is 32.6 Å². The summed E-state index contributed by atoms with van der Waals surface area (Å²) in [6.07, 6.45) is 5.46. The number of nitrogens with one attached hydrogen (secondary N) is 1. The van der Waals surface area contributed by atoms with E-state index in [1.165, 1.54) is 18.4 Å². The van der Waals surface area contributed by atoms with Gasteiger partial charge in [-0.3, -0.25) is 0 Å². The van der Waals surface area contributed by atoms with E-state index < -0.39 is 4.92 Å². The Morgan fingerprint density at radius 1 is 1.50 bits per heavy atom. The highest BCUT2D eigenvalue weighted by Gasteiger charge is 2.08. The van der Waals surface area contributed by atoms with Gasteiger partial charge in [-0.15, -0.1) is 0 Å². The molecule has 1 heterocycles. The summed E-state index contributed by atoms with van der Waals surface area (Å²) in [6, 6.07) is 0. The van der Waals surface area contributed by atoms with E-state index in [-0.39, 0.29) is 5.82 Å². The third-order valence-electron chi connectivity index (χ3n) is 2.11. The molecule has 0 radical (unpaired) electrons. The average Bonchev–Trinajstić information content (AvgIpc) is 2.72. The number of nitrogens with zero attached hydrogens (tertiary/aromatic N) is 2. The summed E-state index contributed by atoms with van der Waals surface area (Å²) < 4.78 is 0. The minimum Gasteiger partial charge on any atom is -0.358 e. The van der Waals surface area contributed by atoms with Crippen molar-refractivity contribution in [3.05, 3.63) is 22.1 Å². The summed E-state index contributed by atoms with van der Waals surface area (Å²) in [7, 11) is 0. The molecule has 0 aliphatic heterocycles. The van der Waals surface area contributed by atoms with E-state index >= 15 is 0 Å². The Labute approximate surface area is 99.2 Å². The summed E-state index contributed by atoms with van der Waals surface area (Å²) in [4.78, 5) is 16.6. The SMILES string of the molecule is CCCSCCCCc1ncc([N+](=O)[O-])[nH]1. The standard InChI is InChI=1S/C10H17N3O2S/c1-2-6-16-7-4-3-5-9-11-8-10(12-9)13(14)15/h8H,2-7H2,1H3,(H,11,12). The van der Waals surface area contributed by atoms with Crippen LogP contribution in [-0.4, -0.2) is 26.4 Å². The van der Waals surface area contributed by atoms with E-state index in [4.69, 9.17) is 0 Å². The van der Waals surface area contributed by atoms with E-state index in [0.29, 0.717) is 5.82 Å². The number of aromatic amines is 1. The Morgan fingerprint density at radius 3 is 2.94 bits per heavy atom. The minimum atomic E-state index is -0.451. The van der Waals surface area contributed by atoms with Crippen molar-refractivity contribution < 1.29 is 4.92 Å². The van der Waals surface area contributed by atoms with Gasteiger partial charge in [-0.05, 0) is 35.7 Å². The first kappa shape index (κ1) is 13.0. The molecule has 1 N–H and O–H groups in total. The van der Waals surface area contributed by atoms with Gasteiger partial charge in [-0.1, -0.05) is 6.92 Å². The molecule has 0 aliphatic rings. The zero-order valence-corrected chi connectivity index (χ0v) is 10.3. The number of imidazole rings is 1.